The number of unbranched alkanes of at least 4 members (excludes halogenated alkanes) is 4. The fourth-order valence-electron chi connectivity index (χ4n) is 8.37. The van der Waals surface area contributed by atoms with E-state index in [0.717, 1.165) is 67.0 Å². The summed E-state index contributed by atoms with van der Waals surface area (Å²) >= 11 is 0. The predicted molar refractivity (Wildman–Crippen MR) is 208 cm³/mol. The summed E-state index contributed by atoms with van der Waals surface area (Å²) in [6.45, 7) is -0.137. The van der Waals surface area contributed by atoms with Crippen LogP contribution in [0.5, 0.6) is 5.75 Å². The Labute approximate surface area is 333 Å². The second kappa shape index (κ2) is 17.0. The summed E-state index contributed by atoms with van der Waals surface area (Å²) in [5.41, 5.74) is 2.65. The highest BCUT2D eigenvalue weighted by molar-refractivity contribution is 6.05. The Morgan fingerprint density at radius 2 is 1.78 bits per heavy atom. The molecule has 7 rings (SSSR count). The van der Waals surface area contributed by atoms with Crippen molar-refractivity contribution >= 4 is 52.7 Å². The van der Waals surface area contributed by atoms with E-state index in [-0.39, 0.29) is 58.7 Å². The van der Waals surface area contributed by atoms with Crippen molar-refractivity contribution in [2.75, 3.05) is 42.4 Å². The first-order chi connectivity index (χ1) is 27.9. The van der Waals surface area contributed by atoms with Crippen molar-refractivity contribution in [2.45, 2.75) is 102 Å². The number of amides is 5. The number of rotatable bonds is 14. The molecule has 2 fully saturated rings. The molecule has 308 valence electrons. The van der Waals surface area contributed by atoms with Crippen LogP contribution in [0, 0.1) is 5.82 Å². The van der Waals surface area contributed by atoms with Gasteiger partial charge in [0.1, 0.15) is 23.3 Å². The summed E-state index contributed by atoms with van der Waals surface area (Å²) < 4.78 is 50.8. The van der Waals surface area contributed by atoms with E-state index in [4.69, 9.17) is 4.74 Å². The maximum absolute atomic E-state index is 15.4. The van der Waals surface area contributed by atoms with Crippen LogP contribution in [0.2, 0.25) is 0 Å². The van der Waals surface area contributed by atoms with Gasteiger partial charge in [-0.3, -0.25) is 29.3 Å². The van der Waals surface area contributed by atoms with Crippen LogP contribution in [0.15, 0.2) is 36.5 Å². The van der Waals surface area contributed by atoms with Gasteiger partial charge in [0.05, 0.1) is 31.1 Å². The molecular formula is C41H47F3N8O6. The van der Waals surface area contributed by atoms with Crippen molar-refractivity contribution in [3.05, 3.63) is 64.6 Å². The van der Waals surface area contributed by atoms with Gasteiger partial charge >= 0.3 is 5.92 Å². The zero-order chi connectivity index (χ0) is 41.1. The third kappa shape index (κ3) is 8.29. The molecule has 58 heavy (non-hydrogen) atoms. The predicted octanol–water partition coefficient (Wildman–Crippen LogP) is 5.41. The van der Waals surface area contributed by atoms with Gasteiger partial charge in [-0.25, -0.2) is 9.37 Å². The molecule has 1 atom stereocenters. The zero-order valence-corrected chi connectivity index (χ0v) is 32.5. The fourth-order valence-corrected chi connectivity index (χ4v) is 8.37. The number of carbonyl (C=O) groups excluding carboxylic acids is 5. The number of nitrogens with zero attached hydrogens (tertiary/aromatic N) is 5. The number of fused-ring (bicyclic) bond motifs is 2. The number of piperidine rings is 1. The van der Waals surface area contributed by atoms with Crippen molar-refractivity contribution in [3.8, 4) is 5.75 Å². The lowest BCUT2D eigenvalue weighted by Crippen LogP contribution is -2.52. The smallest absolute Gasteiger partial charge is 0.342 e. The van der Waals surface area contributed by atoms with Gasteiger partial charge in [0, 0.05) is 44.2 Å². The first-order valence-electron chi connectivity index (χ1n) is 19.8. The van der Waals surface area contributed by atoms with Crippen LogP contribution in [-0.4, -0.2) is 89.7 Å². The fraction of sp³-hybridized carbons (Fsp3) is 0.488. The normalized spacial score (nSPS) is 19.2. The molecule has 3 N–H and O–H groups in total. The molecule has 1 aromatic heterocycles. The van der Waals surface area contributed by atoms with Crippen LogP contribution in [0.25, 0.3) is 0 Å². The van der Waals surface area contributed by atoms with E-state index in [0.29, 0.717) is 44.3 Å². The number of aromatic nitrogens is 2. The Bertz CT molecular complexity index is 2110. The summed E-state index contributed by atoms with van der Waals surface area (Å²) in [7, 11) is 2.63. The second-order valence-corrected chi connectivity index (χ2v) is 15.3. The molecule has 1 aliphatic carbocycles. The Morgan fingerprint density at radius 1 is 1.02 bits per heavy atom. The molecule has 0 spiro atoms. The number of carbonyl (C=O) groups is 5. The van der Waals surface area contributed by atoms with Gasteiger partial charge in [0.25, 0.3) is 17.7 Å². The minimum atomic E-state index is -3.63. The number of halogens is 3. The highest BCUT2D eigenvalue weighted by Crippen LogP contribution is 2.40. The summed E-state index contributed by atoms with van der Waals surface area (Å²) in [6, 6.07) is 7.13. The van der Waals surface area contributed by atoms with Gasteiger partial charge in [-0.1, -0.05) is 44.2 Å². The number of hydrogen-bond acceptors (Lipinski definition) is 10. The molecular weight excluding hydrogens is 757 g/mol. The summed E-state index contributed by atoms with van der Waals surface area (Å²) in [6.07, 6.45) is 9.94. The Balaban J connectivity index is 0.896. The molecule has 0 bridgehead atoms. The number of aryl methyl sites for hydroxylation is 1. The van der Waals surface area contributed by atoms with Crippen molar-refractivity contribution in [1.82, 2.24) is 25.5 Å². The minimum absolute atomic E-state index is 0.0260. The van der Waals surface area contributed by atoms with Crippen molar-refractivity contribution < 1.29 is 41.9 Å². The molecule has 3 aromatic rings. The lowest BCUT2D eigenvalue weighted by molar-refractivity contribution is -0.140. The van der Waals surface area contributed by atoms with Crippen LogP contribution in [0.1, 0.15) is 102 Å². The van der Waals surface area contributed by atoms with Crippen LogP contribution >= 0.6 is 0 Å². The lowest BCUT2D eigenvalue weighted by Gasteiger charge is -2.31. The molecule has 4 aliphatic rings. The van der Waals surface area contributed by atoms with Gasteiger partial charge in [-0.15, -0.1) is 0 Å². The largest absolute Gasteiger partial charge is 0.495 e. The monoisotopic (exact) mass is 804 g/mol. The summed E-state index contributed by atoms with van der Waals surface area (Å²) in [5, 5.41) is 8.00. The van der Waals surface area contributed by atoms with Crippen molar-refractivity contribution in [3.63, 3.8) is 0 Å². The number of alkyl halides is 2. The van der Waals surface area contributed by atoms with Crippen LogP contribution < -0.4 is 30.5 Å². The second-order valence-electron chi connectivity index (χ2n) is 15.3. The third-order valence-electron chi connectivity index (χ3n) is 11.5. The number of anilines is 4. The average molecular weight is 805 g/mol. The van der Waals surface area contributed by atoms with E-state index in [1.807, 2.05) is 12.1 Å². The van der Waals surface area contributed by atoms with E-state index in [1.165, 1.54) is 31.3 Å². The third-order valence-corrected chi connectivity index (χ3v) is 11.5. The Kier molecular flexibility index (Phi) is 11.9. The van der Waals surface area contributed by atoms with Gasteiger partial charge < -0.3 is 30.1 Å². The lowest BCUT2D eigenvalue weighted by atomic mass is 9.98. The van der Waals surface area contributed by atoms with Gasteiger partial charge in [-0.05, 0) is 61.8 Å². The van der Waals surface area contributed by atoms with E-state index in [2.05, 4.69) is 25.9 Å². The molecule has 5 amide bonds. The number of nitrogens with one attached hydrogen (secondary N) is 3. The molecule has 1 unspecified atom stereocenters. The molecule has 3 aliphatic heterocycles. The summed E-state index contributed by atoms with van der Waals surface area (Å²) in [4.78, 5) is 75.4. The maximum atomic E-state index is 15.4. The molecule has 2 aromatic carbocycles. The van der Waals surface area contributed by atoms with Crippen molar-refractivity contribution in [1.29, 1.82) is 0 Å². The number of methoxy groups -OCH3 is 1. The number of hydrogen-bond donors (Lipinski definition) is 3. The molecule has 14 nitrogen and oxygen atoms in total. The average Bonchev–Trinajstić information content (AvgIpc) is 3.85. The number of ether oxygens (including phenoxy) is 1. The van der Waals surface area contributed by atoms with E-state index < -0.39 is 42.0 Å². The van der Waals surface area contributed by atoms with E-state index in [9.17, 15) is 32.8 Å². The standard InChI is InChI=1S/C41H47F3N8O6/c1-50-32-21-46-40(49-35(32)52(25-13-7-8-14-25)23-41(43,44)39(50)57)47-30-20-29(42)27(19-33(30)58-2)36(54)45-18-9-5-3-4-6-11-24-12-10-15-26-28(24)22-51(38(26)56)31-16-17-34(53)48-37(31)55/h10,12,15,19-21,25,31H,3-9,11,13-14,16-18,22-23H2,1-2H3,(H,45,54)(H,46,47,49)(H,48,53,55). The van der Waals surface area contributed by atoms with Gasteiger partial charge in [-0.2, -0.15) is 13.8 Å². The van der Waals surface area contributed by atoms with E-state index in [1.54, 1.807) is 11.0 Å². The zero-order valence-electron chi connectivity index (χ0n) is 32.5. The van der Waals surface area contributed by atoms with Gasteiger partial charge in [0.15, 0.2) is 5.82 Å². The van der Waals surface area contributed by atoms with Crippen LogP contribution in [0.3, 0.4) is 0 Å². The molecule has 4 heterocycles. The topological polar surface area (TPSA) is 166 Å². The number of imide groups is 1. The molecule has 1 saturated carbocycles. The first kappa shape index (κ1) is 40.5. The van der Waals surface area contributed by atoms with Crippen LogP contribution in [0.4, 0.5) is 36.3 Å². The molecule has 17 heteroatoms. The quantitative estimate of drug-likeness (QED) is 0.142. The maximum Gasteiger partial charge on any atom is 0.342 e. The van der Waals surface area contributed by atoms with Crippen LogP contribution in [-0.2, 0) is 27.3 Å². The minimum Gasteiger partial charge on any atom is -0.495 e. The Hall–Kier alpha value is -5.74. The summed E-state index contributed by atoms with van der Waals surface area (Å²) in [5.74, 6) is -7.06. The highest BCUT2D eigenvalue weighted by Gasteiger charge is 2.49. The van der Waals surface area contributed by atoms with Crippen molar-refractivity contribution in [2.24, 2.45) is 0 Å². The van der Waals surface area contributed by atoms with Gasteiger partial charge in [0.2, 0.25) is 17.8 Å². The number of benzene rings is 2. The highest BCUT2D eigenvalue weighted by atomic mass is 19.3. The SMILES string of the molecule is COc1cc(C(=O)NCCCCCCCc2cccc3c2CN(C2CCC(=O)NC2=O)C3=O)c(F)cc1Nc1ncc2c(n1)N(C1CCCC1)CC(F)(F)C(=O)N2C. The first-order valence-corrected chi connectivity index (χ1v) is 19.8. The Morgan fingerprint density at radius 3 is 2.53 bits per heavy atom. The molecule has 1 saturated heterocycles. The van der Waals surface area contributed by atoms with E-state index >= 15 is 4.39 Å². The molecule has 0 radical (unpaired) electrons.